The molecule has 0 fully saturated rings. The average Bonchev–Trinajstić information content (AvgIpc) is 2.37. The van der Waals surface area contributed by atoms with Gasteiger partial charge in [-0.3, -0.25) is 10.1 Å². The molecule has 20 heavy (non-hydrogen) atoms. The van der Waals surface area contributed by atoms with E-state index in [1.807, 2.05) is 13.8 Å². The minimum atomic E-state index is -3.77. The van der Waals surface area contributed by atoms with Crippen molar-refractivity contribution in [3.05, 3.63) is 28.3 Å². The summed E-state index contributed by atoms with van der Waals surface area (Å²) in [6.45, 7) is 4.27. The Morgan fingerprint density at radius 1 is 1.35 bits per heavy atom. The van der Waals surface area contributed by atoms with Crippen LogP contribution in [0.25, 0.3) is 0 Å². The number of hydrogen-bond acceptors (Lipinski definition) is 5. The van der Waals surface area contributed by atoms with Gasteiger partial charge in [-0.1, -0.05) is 13.8 Å². The van der Waals surface area contributed by atoms with E-state index in [0.29, 0.717) is 24.6 Å². The number of benzene rings is 1. The molecule has 1 aromatic rings. The van der Waals surface area contributed by atoms with E-state index in [1.165, 1.54) is 12.1 Å². The number of non-ortho nitro benzene ring substituents is 1. The van der Waals surface area contributed by atoms with Gasteiger partial charge in [-0.25, -0.2) is 13.1 Å². The minimum absolute atomic E-state index is 0.113. The van der Waals surface area contributed by atoms with Gasteiger partial charge in [0, 0.05) is 25.7 Å². The lowest BCUT2D eigenvalue weighted by molar-refractivity contribution is -0.385. The van der Waals surface area contributed by atoms with Gasteiger partial charge in [-0.05, 0) is 18.4 Å². The Kier molecular flexibility index (Phi) is 5.46. The third kappa shape index (κ3) is 4.17. The summed E-state index contributed by atoms with van der Waals surface area (Å²) in [5.41, 5.74) is 0.0703. The molecule has 0 aromatic heterocycles. The molecule has 0 bridgehead atoms. The molecule has 0 aliphatic heterocycles. The van der Waals surface area contributed by atoms with Gasteiger partial charge in [0.25, 0.3) is 5.69 Å². The van der Waals surface area contributed by atoms with Crippen molar-refractivity contribution >= 4 is 21.4 Å². The Morgan fingerprint density at radius 3 is 2.50 bits per heavy atom. The minimum Gasteiger partial charge on any atom is -0.387 e. The summed E-state index contributed by atoms with van der Waals surface area (Å²) in [5.74, 6) is 0.367. The SMILES string of the molecule is CNc1ccc([N+](=O)[O-])cc1S(=O)(=O)NCCC(C)C. The van der Waals surface area contributed by atoms with Gasteiger partial charge in [0.1, 0.15) is 4.90 Å². The van der Waals surface area contributed by atoms with E-state index in [1.54, 1.807) is 7.05 Å². The molecule has 7 nitrogen and oxygen atoms in total. The molecule has 0 heterocycles. The van der Waals surface area contributed by atoms with Crippen LogP contribution in [0.5, 0.6) is 0 Å². The Balaban J connectivity index is 3.08. The Bertz CT molecular complexity index is 584. The first-order valence-electron chi connectivity index (χ1n) is 6.23. The van der Waals surface area contributed by atoms with Crippen molar-refractivity contribution in [2.75, 3.05) is 18.9 Å². The first-order chi connectivity index (χ1) is 9.27. The highest BCUT2D eigenvalue weighted by molar-refractivity contribution is 7.89. The molecule has 1 rings (SSSR count). The van der Waals surface area contributed by atoms with Gasteiger partial charge in [0.15, 0.2) is 0 Å². The van der Waals surface area contributed by atoms with E-state index in [0.717, 1.165) is 6.07 Å². The van der Waals surface area contributed by atoms with Gasteiger partial charge in [0.05, 0.1) is 10.6 Å². The van der Waals surface area contributed by atoms with E-state index >= 15 is 0 Å². The van der Waals surface area contributed by atoms with Crippen molar-refractivity contribution < 1.29 is 13.3 Å². The number of sulfonamides is 1. The van der Waals surface area contributed by atoms with Gasteiger partial charge in [0.2, 0.25) is 10.0 Å². The lowest BCUT2D eigenvalue weighted by Gasteiger charge is -2.12. The molecule has 0 atom stereocenters. The molecule has 8 heteroatoms. The summed E-state index contributed by atoms with van der Waals surface area (Å²) in [6.07, 6.45) is 0.697. The molecular formula is C12H19N3O4S. The molecule has 0 aliphatic carbocycles. The van der Waals surface area contributed by atoms with E-state index in [4.69, 9.17) is 0 Å². The van der Waals surface area contributed by atoms with Crippen molar-refractivity contribution in [2.24, 2.45) is 5.92 Å². The molecule has 0 amide bonds. The lowest BCUT2D eigenvalue weighted by Crippen LogP contribution is -2.26. The zero-order valence-electron chi connectivity index (χ0n) is 11.7. The zero-order chi connectivity index (χ0) is 15.3. The zero-order valence-corrected chi connectivity index (χ0v) is 12.5. The quantitative estimate of drug-likeness (QED) is 0.592. The molecule has 2 N–H and O–H groups in total. The molecule has 112 valence electrons. The number of anilines is 1. The molecule has 0 radical (unpaired) electrons. The average molecular weight is 301 g/mol. The first-order valence-corrected chi connectivity index (χ1v) is 7.72. The fourth-order valence-corrected chi connectivity index (χ4v) is 2.89. The summed E-state index contributed by atoms with van der Waals surface area (Å²) in [4.78, 5) is 10.0. The summed E-state index contributed by atoms with van der Waals surface area (Å²) >= 11 is 0. The fourth-order valence-electron chi connectivity index (χ4n) is 1.61. The van der Waals surface area contributed by atoms with E-state index in [9.17, 15) is 18.5 Å². The normalized spacial score (nSPS) is 11.6. The van der Waals surface area contributed by atoms with Crippen molar-refractivity contribution in [3.63, 3.8) is 0 Å². The Morgan fingerprint density at radius 2 is 2.00 bits per heavy atom. The summed E-state index contributed by atoms with van der Waals surface area (Å²) in [6, 6.07) is 3.71. The predicted molar refractivity (Wildman–Crippen MR) is 77.3 cm³/mol. The molecule has 0 spiro atoms. The highest BCUT2D eigenvalue weighted by Crippen LogP contribution is 2.25. The third-order valence-electron chi connectivity index (χ3n) is 2.75. The van der Waals surface area contributed by atoms with Crippen molar-refractivity contribution in [1.82, 2.24) is 4.72 Å². The molecule has 0 aliphatic rings. The van der Waals surface area contributed by atoms with Crippen LogP contribution in [0, 0.1) is 16.0 Å². The summed E-state index contributed by atoms with van der Waals surface area (Å²) in [5, 5.41) is 13.5. The van der Waals surface area contributed by atoms with Crippen LogP contribution < -0.4 is 10.0 Å². The van der Waals surface area contributed by atoms with Gasteiger partial charge >= 0.3 is 0 Å². The van der Waals surface area contributed by atoms with Crippen molar-refractivity contribution in [3.8, 4) is 0 Å². The summed E-state index contributed by atoms with van der Waals surface area (Å²) in [7, 11) is -2.21. The summed E-state index contributed by atoms with van der Waals surface area (Å²) < 4.78 is 26.8. The maximum absolute atomic E-state index is 12.2. The van der Waals surface area contributed by atoms with Gasteiger partial charge < -0.3 is 5.32 Å². The smallest absolute Gasteiger partial charge is 0.270 e. The number of rotatable bonds is 7. The second-order valence-corrected chi connectivity index (χ2v) is 6.50. The fraction of sp³-hybridized carbons (Fsp3) is 0.500. The number of nitrogens with one attached hydrogen (secondary N) is 2. The predicted octanol–water partition coefficient (Wildman–Crippen LogP) is 1.96. The first kappa shape index (κ1) is 16.4. The number of nitro groups is 1. The van der Waals surface area contributed by atoms with Crippen LogP contribution in [0.3, 0.4) is 0 Å². The van der Waals surface area contributed by atoms with Crippen LogP contribution in [0.1, 0.15) is 20.3 Å². The van der Waals surface area contributed by atoms with Crippen LogP contribution in [-0.2, 0) is 10.0 Å². The Labute approximate surface area is 118 Å². The van der Waals surface area contributed by atoms with Crippen molar-refractivity contribution in [1.29, 1.82) is 0 Å². The molecule has 0 unspecified atom stereocenters. The lowest BCUT2D eigenvalue weighted by atomic mass is 10.1. The molecule has 1 aromatic carbocycles. The topological polar surface area (TPSA) is 101 Å². The standard InChI is InChI=1S/C12H19N3O4S/c1-9(2)6-7-14-20(18,19)12-8-10(15(16)17)4-5-11(12)13-3/h4-5,8-9,13-14H,6-7H2,1-3H3. The highest BCUT2D eigenvalue weighted by Gasteiger charge is 2.21. The number of hydrogen-bond donors (Lipinski definition) is 2. The maximum Gasteiger partial charge on any atom is 0.270 e. The molecule has 0 saturated carbocycles. The highest BCUT2D eigenvalue weighted by atomic mass is 32.2. The number of nitrogens with zero attached hydrogens (tertiary/aromatic N) is 1. The van der Waals surface area contributed by atoms with Crippen LogP contribution in [0.15, 0.2) is 23.1 Å². The van der Waals surface area contributed by atoms with Gasteiger partial charge in [-0.15, -0.1) is 0 Å². The van der Waals surface area contributed by atoms with E-state index in [2.05, 4.69) is 10.0 Å². The van der Waals surface area contributed by atoms with Crippen LogP contribution in [0.4, 0.5) is 11.4 Å². The molecule has 0 saturated heterocycles. The second-order valence-electron chi connectivity index (χ2n) is 4.77. The van der Waals surface area contributed by atoms with Crippen molar-refractivity contribution in [2.45, 2.75) is 25.2 Å². The van der Waals surface area contributed by atoms with Crippen LogP contribution in [0.2, 0.25) is 0 Å². The second kappa shape index (κ2) is 6.67. The largest absolute Gasteiger partial charge is 0.387 e. The third-order valence-corrected chi connectivity index (χ3v) is 4.25. The van der Waals surface area contributed by atoms with E-state index in [-0.39, 0.29) is 10.6 Å². The molecular weight excluding hydrogens is 282 g/mol. The maximum atomic E-state index is 12.2. The van der Waals surface area contributed by atoms with Crippen LogP contribution in [-0.4, -0.2) is 26.9 Å². The van der Waals surface area contributed by atoms with Gasteiger partial charge in [-0.2, -0.15) is 0 Å². The van der Waals surface area contributed by atoms with Crippen LogP contribution >= 0.6 is 0 Å². The Hall–Kier alpha value is -1.67. The monoisotopic (exact) mass is 301 g/mol. The number of nitro benzene ring substituents is 1. The van der Waals surface area contributed by atoms with E-state index < -0.39 is 14.9 Å².